The third-order valence-electron chi connectivity index (χ3n) is 8.56. The van der Waals surface area contributed by atoms with Crippen molar-refractivity contribution in [1.82, 2.24) is 0 Å². The summed E-state index contributed by atoms with van der Waals surface area (Å²) in [5, 5.41) is 13.5. The number of aromatic hydroxyl groups is 3. The van der Waals surface area contributed by atoms with Crippen LogP contribution in [0, 0.1) is 0 Å². The number of Topliss-reactive ketones (excluding diaryl/α,β-unsaturated/α-hetero) is 2. The van der Waals surface area contributed by atoms with Gasteiger partial charge in [0.05, 0.1) is 9.79 Å². The van der Waals surface area contributed by atoms with Gasteiger partial charge < -0.3 is 26.4 Å². The predicted octanol–water partition coefficient (Wildman–Crippen LogP) is 7.19. The summed E-state index contributed by atoms with van der Waals surface area (Å²) in [7, 11) is -6.80. The van der Waals surface area contributed by atoms with Crippen LogP contribution in [0.1, 0.15) is 69.3 Å². The number of carbonyl (C=O) groups excluding carboxylic acids is 2. The van der Waals surface area contributed by atoms with E-state index in [1.54, 1.807) is 36.4 Å². The Balaban J connectivity index is 0.000000321. The molecule has 3 N–H and O–H groups in total. The molecule has 13 nitrogen and oxygen atoms in total. The van der Waals surface area contributed by atoms with Gasteiger partial charge in [0.15, 0.2) is 19.7 Å². The number of carbonyl (C=O) groups is 2. The molecule has 59 heavy (non-hydrogen) atoms. The van der Waals surface area contributed by atoms with Crippen LogP contribution in [0.3, 0.4) is 0 Å². The first-order chi connectivity index (χ1) is 28.1. The fourth-order valence-corrected chi connectivity index (χ4v) is 7.75. The Bertz CT molecular complexity index is 2590. The van der Waals surface area contributed by atoms with Crippen LogP contribution in [0.15, 0.2) is 131 Å². The molecule has 0 unspecified atom stereocenters. The van der Waals surface area contributed by atoms with E-state index in [9.17, 15) is 26.4 Å². The molecule has 5 aromatic carbocycles. The average Bonchev–Trinajstić information content (AvgIpc) is 3.24. The molecule has 0 bridgehead atoms. The van der Waals surface area contributed by atoms with Crippen molar-refractivity contribution in [3.8, 4) is 17.2 Å². The number of hydrogen-bond acceptors (Lipinski definition) is 9. The van der Waals surface area contributed by atoms with E-state index in [1.165, 1.54) is 60.7 Å². The second-order valence-electron chi connectivity index (χ2n) is 12.4. The van der Waals surface area contributed by atoms with Crippen molar-refractivity contribution < 1.29 is 84.0 Å². The van der Waals surface area contributed by atoms with Crippen LogP contribution in [0.4, 0.5) is 0 Å². The monoisotopic (exact) mass is 912 g/mol. The van der Waals surface area contributed by atoms with E-state index in [1.807, 2.05) is 36.4 Å². The van der Waals surface area contributed by atoms with E-state index >= 15 is 0 Å². The van der Waals surface area contributed by atoms with Crippen LogP contribution in [0.25, 0.3) is 23.2 Å². The van der Waals surface area contributed by atoms with Crippen molar-refractivity contribution in [2.24, 2.45) is 0 Å². The molecule has 301 valence electrons. The Morgan fingerprint density at radius 2 is 0.831 bits per heavy atom. The Morgan fingerprint density at radius 1 is 0.525 bits per heavy atom. The third-order valence-corrected chi connectivity index (χ3v) is 10.9. The molecule has 5 aromatic rings. The zero-order valence-electron chi connectivity index (χ0n) is 33.1. The maximum Gasteiger partial charge on any atom is 0.362 e. The summed E-state index contributed by atoms with van der Waals surface area (Å²) in [4.78, 5) is 29.5. The van der Waals surface area contributed by atoms with Gasteiger partial charge in [-0.3, -0.25) is 9.59 Å². The number of fused-ring (bicyclic) bond motifs is 2. The van der Waals surface area contributed by atoms with Crippen molar-refractivity contribution in [2.45, 2.75) is 30.6 Å². The first kappa shape index (κ1) is 44.2. The minimum absolute atomic E-state index is 0. The molecule has 16 heteroatoms. The number of rotatable bonds is 8. The molecule has 1 radical (unpaired) electrons. The molecule has 0 fully saturated rings. The summed E-state index contributed by atoms with van der Waals surface area (Å²) < 4.78 is 67.1. The first-order valence-corrected chi connectivity index (χ1v) is 20.2. The normalized spacial score (nSPS) is 12.8. The number of phenolic OH excluding ortho intramolecular Hbond substituents is 3. The van der Waals surface area contributed by atoms with Crippen molar-refractivity contribution >= 4 is 54.8 Å². The fourth-order valence-electron chi connectivity index (χ4n) is 5.94. The smallest absolute Gasteiger partial charge is 0.362 e. The predicted molar refractivity (Wildman–Crippen MR) is 222 cm³/mol. The molecule has 0 aliphatic heterocycles. The van der Waals surface area contributed by atoms with Crippen LogP contribution in [0.2, 0.25) is 0 Å². The summed E-state index contributed by atoms with van der Waals surface area (Å²) in [6.45, 7) is 0. The minimum atomic E-state index is -3.40. The zero-order chi connectivity index (χ0) is 42.9. The number of nitrogens with zero attached hydrogens (tertiary/aromatic N) is 4. The molecule has 0 aromatic heterocycles. The standard InChI is InChI=1S/C19H16O3.2C11H8N2O3S.2CH4.Y/c20-16-7-1-13(2-8-16)19(14-3-9-17(21)10-4-14)15-5-11-18(22)12-6-15;2*1-17(15,16)10-4-2-3-8-7(10)5-6-9(13-12)11(8)14;;;/h1-12,19-22H;2*2-6H,1H3;2*1H4;/i/hD3. The number of sulfone groups is 2. The molecular formula is C43H40N4O9S2Y. The summed E-state index contributed by atoms with van der Waals surface area (Å²) in [5.74, 6) is 0.376. The Kier molecular flexibility index (Phi) is 15.5. The van der Waals surface area contributed by atoms with Gasteiger partial charge >= 0.3 is 11.4 Å². The van der Waals surface area contributed by atoms with E-state index in [-0.39, 0.29) is 85.8 Å². The van der Waals surface area contributed by atoms with Gasteiger partial charge in [0, 0.05) is 85.5 Å². The molecule has 0 spiro atoms. The van der Waals surface area contributed by atoms with Gasteiger partial charge in [-0.2, -0.15) is 9.58 Å². The number of hydrogen-bond donors (Lipinski definition) is 3. The van der Waals surface area contributed by atoms with Crippen LogP contribution in [-0.4, -0.2) is 81.5 Å². The second-order valence-corrected chi connectivity index (χ2v) is 16.4. The van der Waals surface area contributed by atoms with Crippen LogP contribution in [-0.2, 0) is 52.4 Å². The maximum atomic E-state index is 11.8. The molecule has 0 amide bonds. The molecule has 2 aliphatic rings. The number of benzene rings is 5. The van der Waals surface area contributed by atoms with E-state index in [0.717, 1.165) is 29.2 Å². The number of phenols is 3. The summed E-state index contributed by atoms with van der Waals surface area (Å²) in [6.07, 6.45) is 7.66. The SMILES string of the molecule is C.C.CS(=O)(=O)c1cccc2c1C=CC(=[N+]=[N-])C2=O.CS(=O)(=O)c1cccc2c1C=CC(=[N+]=[N-])C2=O.[2H]Oc1ccc(C(c2ccc(O[2H])cc2)c2ccc(O[2H])cc2)cc1.[Y]. The van der Waals surface area contributed by atoms with Gasteiger partial charge in [-0.15, -0.1) is 0 Å². The van der Waals surface area contributed by atoms with E-state index in [4.69, 9.17) is 15.4 Å². The molecule has 2 aliphatic carbocycles. The largest absolute Gasteiger partial charge is 0.508 e. The van der Waals surface area contributed by atoms with E-state index < -0.39 is 31.2 Å². The fraction of sp³-hybridized carbons (Fsp3) is 0.116. The average molecular weight is 913 g/mol. The van der Waals surface area contributed by atoms with Crippen LogP contribution >= 0.6 is 0 Å². The maximum absolute atomic E-state index is 11.8. The topological polar surface area (TPSA) is 236 Å². The van der Waals surface area contributed by atoms with Crippen molar-refractivity contribution in [3.63, 3.8) is 0 Å². The van der Waals surface area contributed by atoms with Gasteiger partial charge in [-0.25, -0.2) is 16.8 Å². The van der Waals surface area contributed by atoms with Gasteiger partial charge in [0.25, 0.3) is 15.9 Å². The zero-order valence-corrected chi connectivity index (χ0v) is 34.6. The molecule has 0 saturated carbocycles. The van der Waals surface area contributed by atoms with Crippen molar-refractivity contribution in [3.05, 3.63) is 171 Å². The molecule has 0 heterocycles. The molecule has 0 atom stereocenters. The van der Waals surface area contributed by atoms with Gasteiger partial charge in [-0.05, 0) is 77.4 Å². The second kappa shape index (κ2) is 20.7. The Labute approximate surface area is 372 Å². The number of allylic oxidation sites excluding steroid dienone is 2. The minimum Gasteiger partial charge on any atom is -0.508 e. The number of ketones is 2. The molecular weight excluding hydrogens is 870 g/mol. The van der Waals surface area contributed by atoms with Gasteiger partial charge in [-0.1, -0.05) is 75.5 Å². The van der Waals surface area contributed by atoms with Crippen molar-refractivity contribution in [2.75, 3.05) is 12.5 Å². The molecule has 7 rings (SSSR count). The molecule has 0 saturated heterocycles. The quantitative estimate of drug-likeness (QED) is 0.0810. The van der Waals surface area contributed by atoms with E-state index in [0.29, 0.717) is 28.4 Å². The summed E-state index contributed by atoms with van der Waals surface area (Å²) in [6, 6.07) is 30.8. The Hall–Kier alpha value is -5.92. The first-order valence-electron chi connectivity index (χ1n) is 17.6. The van der Waals surface area contributed by atoms with Gasteiger partial charge in [0.1, 0.15) is 17.2 Å². The van der Waals surface area contributed by atoms with Crippen LogP contribution in [0.5, 0.6) is 17.2 Å². The third kappa shape index (κ3) is 11.6. The Morgan fingerprint density at radius 3 is 1.08 bits per heavy atom. The summed E-state index contributed by atoms with van der Waals surface area (Å²) in [5.41, 5.74) is 21.2. The van der Waals surface area contributed by atoms with E-state index in [2.05, 4.69) is 24.9 Å². The van der Waals surface area contributed by atoms with Crippen molar-refractivity contribution in [1.29, 1.82) is 4.29 Å². The summed E-state index contributed by atoms with van der Waals surface area (Å²) >= 11 is 0. The van der Waals surface area contributed by atoms with Crippen LogP contribution < -0.4 is 0 Å². The van der Waals surface area contributed by atoms with Gasteiger partial charge in [0.2, 0.25) is 0 Å².